The van der Waals surface area contributed by atoms with E-state index >= 15 is 0 Å². The summed E-state index contributed by atoms with van der Waals surface area (Å²) in [7, 11) is 0. The SMILES string of the molecule is C[C@H]1O[C@H](O[C@H]2[C@H](O)[C@@H](O)[C@@H](N[C@@H]3C=C(CO)[C@@H](O[C@H]4[C@H](O)[C@@H](O)[C@@H](O[C@H]5[C@H](O)[C@@H](O)[C@@H](O[C@H]6[C@H](O)[C@@H](O)[C@H](O)O[C@@H]6CO)O[C@@H]5CO)O[C@@H]4C)[C@H](O)[C@H]3O)O[C@@H]2CO)[C@H](O)[C@@H](O)[C@@H]1N[C@@H]1C=C(CO)[C@@H](O)[C@H](O)[C@H]1O. The summed E-state index contributed by atoms with van der Waals surface area (Å²) in [6.07, 6.45) is -49.7. The second-order valence-electron chi connectivity index (χ2n) is 20.0. The molecule has 7 rings (SSSR count). The van der Waals surface area contributed by atoms with Crippen molar-refractivity contribution in [3.63, 3.8) is 0 Å². The van der Waals surface area contributed by atoms with Gasteiger partial charge in [0.1, 0.15) is 147 Å². The molecule has 5 saturated heterocycles. The second-order valence-corrected chi connectivity index (χ2v) is 20.0. The van der Waals surface area contributed by atoms with Crippen LogP contribution in [0.2, 0.25) is 0 Å². The van der Waals surface area contributed by atoms with Gasteiger partial charge in [-0.2, -0.15) is 0 Å². The molecule has 2 aliphatic carbocycles. The van der Waals surface area contributed by atoms with E-state index in [1.165, 1.54) is 26.0 Å². The number of aliphatic hydroxyl groups is 21. The van der Waals surface area contributed by atoms with Gasteiger partial charge in [-0.15, -0.1) is 0 Å². The minimum Gasteiger partial charge on any atom is -0.394 e. The summed E-state index contributed by atoms with van der Waals surface area (Å²) in [4.78, 5) is 0. The highest BCUT2D eigenvalue weighted by Crippen LogP contribution is 2.36. The highest BCUT2D eigenvalue weighted by molar-refractivity contribution is 5.24. The van der Waals surface area contributed by atoms with Gasteiger partial charge in [-0.3, -0.25) is 5.32 Å². The number of nitrogens with one attached hydrogen (secondary N) is 2. The molecule has 0 aromatic rings. The molecule has 0 aromatic carbocycles. The lowest BCUT2D eigenvalue weighted by Crippen LogP contribution is -2.69. The standard InChI is InChI=1S/C44H74N2O30/c1-10-19(45-14-3-12(5-47)20(52)24(56)21(14)53)23(55)32(64)42(68-10)74-37-16(7-49)70-40(30(62)26(37)58)46-15-4-13(6-48)36(25(57)22(15)54)73-35-11(2)69-43(33(65)28(35)60)75-39-18(9-51)72-44(34(66)29(39)61)76-38-17(8-50)71-41(67)31(63)27(38)59/h3-4,10-11,14-67H,5-9H2,1-2H3/t10-,11-,14-,15-,16-,17-,18-,19-,20-,21+,22+,23+,24+,25-,26-,27-,28-,29-,30-,31-,32-,33-,34-,35-,36-,37-,38-,39-,40+,41-,42-,43-,44-/m1/s1. The van der Waals surface area contributed by atoms with Gasteiger partial charge in [0.25, 0.3) is 0 Å². The minimum atomic E-state index is -2.04. The van der Waals surface area contributed by atoms with Gasteiger partial charge < -0.3 is 155 Å². The topological polar surface area (TPSA) is 532 Å². The van der Waals surface area contributed by atoms with Gasteiger partial charge in [-0.05, 0) is 25.0 Å². The summed E-state index contributed by atoms with van der Waals surface area (Å²) < 4.78 is 51.0. The van der Waals surface area contributed by atoms with Gasteiger partial charge in [-0.25, -0.2) is 0 Å². The Labute approximate surface area is 432 Å². The summed E-state index contributed by atoms with van der Waals surface area (Å²) in [6.45, 7) is -1.39. The lowest BCUT2D eigenvalue weighted by molar-refractivity contribution is -0.378. The van der Waals surface area contributed by atoms with Crippen molar-refractivity contribution in [3.8, 4) is 0 Å². The van der Waals surface area contributed by atoms with Crippen LogP contribution in [0.3, 0.4) is 0 Å². The predicted octanol–water partition coefficient (Wildman–Crippen LogP) is -13.9. The number of hydrogen-bond acceptors (Lipinski definition) is 32. The molecule has 0 spiro atoms. The van der Waals surface area contributed by atoms with Crippen molar-refractivity contribution in [2.45, 2.75) is 216 Å². The monoisotopic (exact) mass is 1110 g/mol. The van der Waals surface area contributed by atoms with Crippen molar-refractivity contribution < 1.29 is 150 Å². The quantitative estimate of drug-likeness (QED) is 0.0601. The molecular formula is C44H74N2O30. The van der Waals surface area contributed by atoms with Crippen molar-refractivity contribution in [1.29, 1.82) is 0 Å². The van der Waals surface area contributed by atoms with Gasteiger partial charge in [0, 0.05) is 0 Å². The average Bonchev–Trinajstić information content (AvgIpc) is 3.40. The zero-order chi connectivity index (χ0) is 55.9. The maximum absolute atomic E-state index is 11.4. The fourth-order valence-corrected chi connectivity index (χ4v) is 10.5. The molecule has 0 radical (unpaired) electrons. The number of aliphatic hydroxyl groups excluding tert-OH is 21. The molecule has 0 aromatic heterocycles. The Balaban J connectivity index is 0.950. The maximum atomic E-state index is 11.4. The third kappa shape index (κ3) is 12.3. The molecule has 440 valence electrons. The van der Waals surface area contributed by atoms with Crippen molar-refractivity contribution in [1.82, 2.24) is 10.6 Å². The Morgan fingerprint density at radius 3 is 1.38 bits per heavy atom. The smallest absolute Gasteiger partial charge is 0.187 e. The van der Waals surface area contributed by atoms with Crippen molar-refractivity contribution in [2.24, 2.45) is 0 Å². The molecule has 32 heteroatoms. The normalized spacial score (nSPS) is 52.5. The Hall–Kier alpha value is -1.80. The Morgan fingerprint density at radius 2 is 0.829 bits per heavy atom. The Kier molecular flexibility index (Phi) is 21.1. The van der Waals surface area contributed by atoms with Crippen LogP contribution in [0.15, 0.2) is 23.3 Å². The van der Waals surface area contributed by atoms with E-state index < -0.39 is 235 Å². The van der Waals surface area contributed by atoms with E-state index in [1.807, 2.05) is 0 Å². The molecule has 33 atom stereocenters. The predicted molar refractivity (Wildman–Crippen MR) is 239 cm³/mol. The van der Waals surface area contributed by atoms with Crippen LogP contribution in [0.5, 0.6) is 0 Å². The van der Waals surface area contributed by atoms with Crippen molar-refractivity contribution >= 4 is 0 Å². The van der Waals surface area contributed by atoms with Gasteiger partial charge >= 0.3 is 0 Å². The van der Waals surface area contributed by atoms with Crippen LogP contribution in [0.25, 0.3) is 0 Å². The van der Waals surface area contributed by atoms with E-state index in [1.54, 1.807) is 0 Å². The second kappa shape index (κ2) is 26.0. The van der Waals surface area contributed by atoms with E-state index in [0.717, 1.165) is 0 Å². The molecule has 7 aliphatic rings. The average molecular weight is 1110 g/mol. The van der Waals surface area contributed by atoms with E-state index in [4.69, 9.17) is 42.6 Å². The van der Waals surface area contributed by atoms with Gasteiger partial charge in [0.15, 0.2) is 25.2 Å². The number of ether oxygens (including phenoxy) is 9. The summed E-state index contributed by atoms with van der Waals surface area (Å²) >= 11 is 0. The van der Waals surface area contributed by atoms with Crippen LogP contribution in [-0.4, -0.2) is 342 Å². The third-order valence-corrected chi connectivity index (χ3v) is 15.0. The highest BCUT2D eigenvalue weighted by atomic mass is 16.8. The Bertz CT molecular complexity index is 1910. The first kappa shape index (κ1) is 61.8. The minimum absolute atomic E-state index is 0.0165. The van der Waals surface area contributed by atoms with E-state index in [0.29, 0.717) is 0 Å². The first-order valence-corrected chi connectivity index (χ1v) is 24.7. The van der Waals surface area contributed by atoms with Crippen molar-refractivity contribution in [3.05, 3.63) is 23.3 Å². The van der Waals surface area contributed by atoms with Crippen LogP contribution >= 0.6 is 0 Å². The molecule has 0 bridgehead atoms. The van der Waals surface area contributed by atoms with Crippen LogP contribution in [-0.2, 0) is 42.6 Å². The zero-order valence-electron chi connectivity index (χ0n) is 40.8. The molecule has 5 heterocycles. The molecule has 0 saturated carbocycles. The molecular weight excluding hydrogens is 1040 g/mol. The molecule has 32 nitrogen and oxygen atoms in total. The molecule has 5 fully saturated rings. The Morgan fingerprint density at radius 1 is 0.395 bits per heavy atom. The summed E-state index contributed by atoms with van der Waals surface area (Å²) in [5, 5.41) is 229. The fraction of sp³-hybridized carbons (Fsp3) is 0.909. The van der Waals surface area contributed by atoms with Gasteiger partial charge in [-0.1, -0.05) is 12.2 Å². The molecule has 0 amide bonds. The molecule has 76 heavy (non-hydrogen) atoms. The molecule has 0 unspecified atom stereocenters. The summed E-state index contributed by atoms with van der Waals surface area (Å²) in [5.74, 6) is 0. The summed E-state index contributed by atoms with van der Waals surface area (Å²) in [5.41, 5.74) is -0.145. The number of rotatable bonds is 17. The van der Waals surface area contributed by atoms with Crippen molar-refractivity contribution in [2.75, 3.05) is 33.0 Å². The van der Waals surface area contributed by atoms with Gasteiger partial charge in [0.05, 0.1) is 63.4 Å². The largest absolute Gasteiger partial charge is 0.394 e. The van der Waals surface area contributed by atoms with Crippen LogP contribution in [0, 0.1) is 0 Å². The maximum Gasteiger partial charge on any atom is 0.187 e. The zero-order valence-corrected chi connectivity index (χ0v) is 40.8. The summed E-state index contributed by atoms with van der Waals surface area (Å²) in [6, 6.07) is -3.71. The first-order valence-electron chi connectivity index (χ1n) is 24.7. The van der Waals surface area contributed by atoms with E-state index in [-0.39, 0.29) is 11.1 Å². The lowest BCUT2D eigenvalue weighted by atomic mass is 9.86. The molecule has 5 aliphatic heterocycles. The first-order chi connectivity index (χ1) is 35.9. The van der Waals surface area contributed by atoms with Crippen LogP contribution in [0.1, 0.15) is 13.8 Å². The van der Waals surface area contributed by atoms with Gasteiger partial charge in [0.2, 0.25) is 0 Å². The fourth-order valence-electron chi connectivity index (χ4n) is 10.5. The number of hydrogen-bond donors (Lipinski definition) is 23. The van der Waals surface area contributed by atoms with Crippen LogP contribution in [0.4, 0.5) is 0 Å². The van der Waals surface area contributed by atoms with E-state index in [2.05, 4.69) is 10.6 Å². The lowest BCUT2D eigenvalue weighted by Gasteiger charge is -2.49. The van der Waals surface area contributed by atoms with Crippen LogP contribution < -0.4 is 10.6 Å². The highest BCUT2D eigenvalue weighted by Gasteiger charge is 2.56. The van der Waals surface area contributed by atoms with E-state index in [9.17, 15) is 107 Å². The third-order valence-electron chi connectivity index (χ3n) is 15.0. The molecule has 23 N–H and O–H groups in total.